The van der Waals surface area contributed by atoms with E-state index in [4.69, 9.17) is 23.2 Å². The van der Waals surface area contributed by atoms with Crippen molar-refractivity contribution >= 4 is 33.2 Å². The second-order valence-electron chi connectivity index (χ2n) is 5.62. The van der Waals surface area contributed by atoms with Crippen LogP contribution in [-0.4, -0.2) is 24.5 Å². The monoisotopic (exact) mass is 423 g/mol. The predicted octanol–water partition coefficient (Wildman–Crippen LogP) is 3.20. The number of hydrogen-bond acceptors (Lipinski definition) is 4. The third-order valence-corrected chi connectivity index (χ3v) is 6.23. The van der Waals surface area contributed by atoms with Crippen molar-refractivity contribution in [2.75, 3.05) is 6.54 Å². The van der Waals surface area contributed by atoms with Crippen molar-refractivity contribution in [1.29, 1.82) is 0 Å². The van der Waals surface area contributed by atoms with Crippen molar-refractivity contribution in [3.63, 3.8) is 0 Å². The molecule has 3 rings (SSSR count). The normalized spacial score (nSPS) is 11.5. The Kier molecular flexibility index (Phi) is 5.96. The van der Waals surface area contributed by atoms with Gasteiger partial charge in [-0.25, -0.2) is 18.1 Å². The summed E-state index contributed by atoms with van der Waals surface area (Å²) in [5.41, 5.74) is 1.12. The van der Waals surface area contributed by atoms with Gasteiger partial charge in [-0.2, -0.15) is 0 Å². The van der Waals surface area contributed by atoms with E-state index in [1.54, 1.807) is 0 Å². The molecule has 1 aromatic heterocycles. The molecule has 0 amide bonds. The fourth-order valence-corrected chi connectivity index (χ4v) is 4.21. The minimum atomic E-state index is -3.85. The van der Waals surface area contributed by atoms with Gasteiger partial charge in [0, 0.05) is 24.7 Å². The molecular formula is C18H15Cl2N3O3S. The second kappa shape index (κ2) is 8.22. The molecule has 0 radical (unpaired) electrons. The summed E-state index contributed by atoms with van der Waals surface area (Å²) in [6.45, 7) is 0.121. The van der Waals surface area contributed by atoms with E-state index in [0.29, 0.717) is 5.69 Å². The maximum absolute atomic E-state index is 12.4. The summed E-state index contributed by atoms with van der Waals surface area (Å²) in [5, 5.41) is 0.106. The van der Waals surface area contributed by atoms with Gasteiger partial charge in [0.25, 0.3) is 5.56 Å². The van der Waals surface area contributed by atoms with Crippen LogP contribution in [0, 0.1) is 0 Å². The first-order chi connectivity index (χ1) is 12.9. The summed E-state index contributed by atoms with van der Waals surface area (Å²) >= 11 is 11.8. The molecule has 0 aliphatic carbocycles. The Morgan fingerprint density at radius 3 is 2.48 bits per heavy atom. The average molecular weight is 424 g/mol. The molecule has 0 saturated heterocycles. The average Bonchev–Trinajstić information content (AvgIpc) is 2.65. The Bertz CT molecular complexity index is 1120. The third kappa shape index (κ3) is 4.56. The van der Waals surface area contributed by atoms with Crippen LogP contribution in [0.3, 0.4) is 0 Å². The highest BCUT2D eigenvalue weighted by Gasteiger charge is 2.19. The first-order valence-corrected chi connectivity index (χ1v) is 10.2. The predicted molar refractivity (Wildman–Crippen MR) is 106 cm³/mol. The van der Waals surface area contributed by atoms with Crippen LogP contribution in [0.15, 0.2) is 70.6 Å². The van der Waals surface area contributed by atoms with Crippen LogP contribution in [0.4, 0.5) is 0 Å². The fraction of sp³-hybridized carbons (Fsp3) is 0.111. The zero-order valence-corrected chi connectivity index (χ0v) is 16.3. The number of nitrogens with zero attached hydrogens (tertiary/aromatic N) is 2. The van der Waals surface area contributed by atoms with Crippen molar-refractivity contribution in [2.45, 2.75) is 11.4 Å². The van der Waals surface area contributed by atoms with Crippen LogP contribution in [0.5, 0.6) is 0 Å². The lowest BCUT2D eigenvalue weighted by atomic mass is 10.1. The topological polar surface area (TPSA) is 81.1 Å². The molecule has 0 saturated carbocycles. The molecule has 0 spiro atoms. The van der Waals surface area contributed by atoms with Crippen LogP contribution >= 0.6 is 23.2 Å². The summed E-state index contributed by atoms with van der Waals surface area (Å²) in [6.07, 6.45) is 1.39. The molecular weight excluding hydrogens is 409 g/mol. The first-order valence-electron chi connectivity index (χ1n) is 7.94. The van der Waals surface area contributed by atoms with Crippen molar-refractivity contribution < 1.29 is 8.42 Å². The van der Waals surface area contributed by atoms with Crippen molar-refractivity contribution in [1.82, 2.24) is 14.3 Å². The SMILES string of the molecule is O=c1cc(-c2ccccc2)ncn1CCNS(=O)(=O)c1cccc(Cl)c1Cl. The van der Waals surface area contributed by atoms with Crippen molar-refractivity contribution in [2.24, 2.45) is 0 Å². The third-order valence-electron chi connectivity index (χ3n) is 3.80. The largest absolute Gasteiger partial charge is 0.298 e. The van der Waals surface area contributed by atoms with E-state index < -0.39 is 10.0 Å². The maximum Gasteiger partial charge on any atom is 0.253 e. The summed E-state index contributed by atoms with van der Waals surface area (Å²) in [4.78, 5) is 16.4. The Balaban J connectivity index is 1.70. The zero-order chi connectivity index (χ0) is 19.4. The molecule has 2 aromatic carbocycles. The number of aromatic nitrogens is 2. The summed E-state index contributed by atoms with van der Waals surface area (Å²) in [5.74, 6) is 0. The maximum atomic E-state index is 12.4. The van der Waals surface area contributed by atoms with Crippen LogP contribution in [0.2, 0.25) is 10.0 Å². The van der Waals surface area contributed by atoms with Gasteiger partial charge < -0.3 is 0 Å². The van der Waals surface area contributed by atoms with E-state index in [1.807, 2.05) is 30.3 Å². The van der Waals surface area contributed by atoms with Crippen molar-refractivity contribution in [3.05, 3.63) is 81.3 Å². The standard InChI is InChI=1S/C18H15Cl2N3O3S/c19-14-7-4-8-16(18(14)20)27(25,26)22-9-10-23-12-21-15(11-17(23)24)13-5-2-1-3-6-13/h1-8,11-12,22H,9-10H2. The number of rotatable bonds is 6. The molecule has 1 N–H and O–H groups in total. The van der Waals surface area contributed by atoms with E-state index >= 15 is 0 Å². The number of halogens is 2. The van der Waals surface area contributed by atoms with E-state index in [1.165, 1.54) is 35.2 Å². The van der Waals surface area contributed by atoms with Crippen molar-refractivity contribution in [3.8, 4) is 11.3 Å². The molecule has 3 aromatic rings. The van der Waals surface area contributed by atoms with Gasteiger partial charge in [0.05, 0.1) is 22.1 Å². The van der Waals surface area contributed by atoms with E-state index in [2.05, 4.69) is 9.71 Å². The number of nitrogens with one attached hydrogen (secondary N) is 1. The van der Waals surface area contributed by atoms with Gasteiger partial charge in [0.15, 0.2) is 0 Å². The summed E-state index contributed by atoms with van der Waals surface area (Å²) < 4.78 is 28.5. The Hall–Kier alpha value is -2.19. The molecule has 0 unspecified atom stereocenters. The highest BCUT2D eigenvalue weighted by atomic mass is 35.5. The minimum Gasteiger partial charge on any atom is -0.298 e. The molecule has 0 bridgehead atoms. The van der Waals surface area contributed by atoms with Gasteiger partial charge in [0.2, 0.25) is 10.0 Å². The highest BCUT2D eigenvalue weighted by molar-refractivity contribution is 7.89. The number of benzene rings is 2. The molecule has 6 nitrogen and oxygen atoms in total. The molecule has 1 heterocycles. The Morgan fingerprint density at radius 2 is 1.78 bits per heavy atom. The molecule has 9 heteroatoms. The first kappa shape index (κ1) is 19.6. The lowest BCUT2D eigenvalue weighted by Gasteiger charge is -2.10. The molecule has 0 aliphatic heterocycles. The Labute approximate surface area is 166 Å². The second-order valence-corrected chi connectivity index (χ2v) is 8.14. The van der Waals surface area contributed by atoms with E-state index in [0.717, 1.165) is 5.56 Å². The lowest BCUT2D eigenvalue weighted by molar-refractivity contribution is 0.569. The van der Waals surface area contributed by atoms with E-state index in [9.17, 15) is 13.2 Å². The van der Waals surface area contributed by atoms with E-state index in [-0.39, 0.29) is 33.6 Å². The van der Waals surface area contributed by atoms with Gasteiger partial charge in [0.1, 0.15) is 4.90 Å². The zero-order valence-electron chi connectivity index (χ0n) is 14.0. The highest BCUT2D eigenvalue weighted by Crippen LogP contribution is 2.28. The molecule has 0 atom stereocenters. The van der Waals surface area contributed by atoms with Crippen LogP contribution in [-0.2, 0) is 16.6 Å². The molecule has 140 valence electrons. The number of sulfonamides is 1. The van der Waals surface area contributed by atoms with Gasteiger partial charge in [-0.05, 0) is 12.1 Å². The summed E-state index contributed by atoms with van der Waals surface area (Å²) in [6, 6.07) is 15.1. The van der Waals surface area contributed by atoms with Gasteiger partial charge in [-0.3, -0.25) is 9.36 Å². The smallest absolute Gasteiger partial charge is 0.253 e. The van der Waals surface area contributed by atoms with Gasteiger partial charge in [-0.1, -0.05) is 59.6 Å². The van der Waals surface area contributed by atoms with Crippen LogP contribution in [0.25, 0.3) is 11.3 Å². The van der Waals surface area contributed by atoms with Crippen LogP contribution < -0.4 is 10.3 Å². The lowest BCUT2D eigenvalue weighted by Crippen LogP contribution is -2.31. The fourth-order valence-electron chi connectivity index (χ4n) is 2.43. The minimum absolute atomic E-state index is 0.00253. The summed E-state index contributed by atoms with van der Waals surface area (Å²) in [7, 11) is -3.85. The van der Waals surface area contributed by atoms with Gasteiger partial charge in [-0.15, -0.1) is 0 Å². The van der Waals surface area contributed by atoms with Crippen LogP contribution in [0.1, 0.15) is 0 Å². The molecule has 0 fully saturated rings. The van der Waals surface area contributed by atoms with Gasteiger partial charge >= 0.3 is 0 Å². The molecule has 0 aliphatic rings. The number of hydrogen-bond donors (Lipinski definition) is 1. The Morgan fingerprint density at radius 1 is 1.04 bits per heavy atom. The molecule has 27 heavy (non-hydrogen) atoms. The quantitative estimate of drug-likeness (QED) is 0.659.